The molecule has 1 amide bonds. The van der Waals surface area contributed by atoms with E-state index in [-0.39, 0.29) is 22.6 Å². The predicted molar refractivity (Wildman–Crippen MR) is 67.3 cm³/mol. The maximum absolute atomic E-state index is 11.9. The molecular weight excluding hydrogens is 240 g/mol. The summed E-state index contributed by atoms with van der Waals surface area (Å²) >= 11 is 5.77. The third kappa shape index (κ3) is 3.11. The molecule has 0 radical (unpaired) electrons. The molecule has 4 nitrogen and oxygen atoms in total. The van der Waals surface area contributed by atoms with Gasteiger partial charge < -0.3 is 15.7 Å². The van der Waals surface area contributed by atoms with Crippen LogP contribution in [0.5, 0.6) is 5.75 Å². The average Bonchev–Trinajstić information content (AvgIpc) is 2.35. The molecule has 5 heteroatoms. The Hall–Kier alpha value is -1.26. The molecule has 1 aliphatic rings. The van der Waals surface area contributed by atoms with Gasteiger partial charge in [-0.2, -0.15) is 0 Å². The fourth-order valence-electron chi connectivity index (χ4n) is 1.90. The van der Waals surface area contributed by atoms with Crippen molar-refractivity contribution >= 4 is 23.2 Å². The lowest BCUT2D eigenvalue weighted by atomic mass is 9.99. The number of benzene rings is 1. The Kier molecular flexibility index (Phi) is 3.86. The van der Waals surface area contributed by atoms with Crippen LogP contribution in [0, 0.1) is 5.92 Å². The molecule has 1 aromatic rings. The molecule has 0 spiro atoms. The number of carbonyl (C=O) groups excluding carboxylic acids is 1. The molecular formula is C12H15ClN2O2. The maximum Gasteiger partial charge on any atom is 0.228 e. The molecule has 2 rings (SSSR count). The number of halogens is 1. The Bertz CT molecular complexity index is 417. The number of aromatic hydroxyl groups is 1. The molecule has 0 bridgehead atoms. The van der Waals surface area contributed by atoms with Crippen molar-refractivity contribution in [2.24, 2.45) is 5.92 Å². The average molecular weight is 255 g/mol. The van der Waals surface area contributed by atoms with Crippen molar-refractivity contribution in [3.05, 3.63) is 23.2 Å². The quantitative estimate of drug-likeness (QED) is 0.708. The minimum Gasteiger partial charge on any atom is -0.506 e. The number of hydrogen-bond donors (Lipinski definition) is 3. The standard InChI is InChI=1S/C12H15ClN2O2/c13-10-6-9(3-4-11(10)16)15-12(17)8-2-1-5-14-7-8/h3-4,6,8,14,16H,1-2,5,7H2,(H,15,17)/t8-/m0/s1. The molecule has 0 saturated carbocycles. The third-order valence-corrected chi connectivity index (χ3v) is 3.19. The van der Waals surface area contributed by atoms with E-state index in [1.807, 2.05) is 0 Å². The summed E-state index contributed by atoms with van der Waals surface area (Å²) in [6, 6.07) is 4.65. The van der Waals surface area contributed by atoms with Crippen LogP contribution in [-0.4, -0.2) is 24.1 Å². The minimum absolute atomic E-state index is 0.000966. The van der Waals surface area contributed by atoms with E-state index in [2.05, 4.69) is 10.6 Å². The zero-order valence-electron chi connectivity index (χ0n) is 9.37. The predicted octanol–water partition coefficient (Wildman–Crippen LogP) is 1.98. The number of carbonyl (C=O) groups is 1. The normalized spacial score (nSPS) is 19.9. The molecule has 1 atom stereocenters. The second-order valence-corrected chi connectivity index (χ2v) is 4.61. The lowest BCUT2D eigenvalue weighted by molar-refractivity contribution is -0.120. The van der Waals surface area contributed by atoms with E-state index < -0.39 is 0 Å². The van der Waals surface area contributed by atoms with Gasteiger partial charge in [0.1, 0.15) is 5.75 Å². The van der Waals surface area contributed by atoms with Crippen molar-refractivity contribution in [1.29, 1.82) is 0 Å². The molecule has 0 aromatic heterocycles. The van der Waals surface area contributed by atoms with Crippen LogP contribution < -0.4 is 10.6 Å². The summed E-state index contributed by atoms with van der Waals surface area (Å²) < 4.78 is 0. The van der Waals surface area contributed by atoms with Gasteiger partial charge in [-0.15, -0.1) is 0 Å². The van der Waals surface area contributed by atoms with Crippen molar-refractivity contribution in [2.75, 3.05) is 18.4 Å². The van der Waals surface area contributed by atoms with Crippen molar-refractivity contribution < 1.29 is 9.90 Å². The van der Waals surface area contributed by atoms with Crippen LogP contribution in [0.25, 0.3) is 0 Å². The van der Waals surface area contributed by atoms with Crippen molar-refractivity contribution in [1.82, 2.24) is 5.32 Å². The number of phenols is 1. The van der Waals surface area contributed by atoms with Crippen LogP contribution in [0.15, 0.2) is 18.2 Å². The van der Waals surface area contributed by atoms with Gasteiger partial charge in [0, 0.05) is 12.2 Å². The van der Waals surface area contributed by atoms with Crippen LogP contribution >= 0.6 is 11.6 Å². The smallest absolute Gasteiger partial charge is 0.228 e. The van der Waals surface area contributed by atoms with Gasteiger partial charge in [-0.05, 0) is 37.6 Å². The van der Waals surface area contributed by atoms with E-state index in [0.717, 1.165) is 25.9 Å². The SMILES string of the molecule is O=C(Nc1ccc(O)c(Cl)c1)[C@H]1CCCNC1. The van der Waals surface area contributed by atoms with Gasteiger partial charge >= 0.3 is 0 Å². The molecule has 1 saturated heterocycles. The van der Waals surface area contributed by atoms with Crippen molar-refractivity contribution in [3.63, 3.8) is 0 Å². The summed E-state index contributed by atoms with van der Waals surface area (Å²) in [7, 11) is 0. The van der Waals surface area contributed by atoms with E-state index in [4.69, 9.17) is 11.6 Å². The van der Waals surface area contributed by atoms with E-state index in [1.54, 1.807) is 12.1 Å². The van der Waals surface area contributed by atoms with Gasteiger partial charge in [-0.25, -0.2) is 0 Å². The lowest BCUT2D eigenvalue weighted by Crippen LogP contribution is -2.37. The first-order valence-corrected chi connectivity index (χ1v) is 6.04. The number of nitrogens with one attached hydrogen (secondary N) is 2. The fraction of sp³-hybridized carbons (Fsp3) is 0.417. The fourth-order valence-corrected chi connectivity index (χ4v) is 2.09. The second kappa shape index (κ2) is 5.38. The Balaban J connectivity index is 1.99. The zero-order valence-corrected chi connectivity index (χ0v) is 10.1. The van der Waals surface area contributed by atoms with Crippen molar-refractivity contribution in [3.8, 4) is 5.75 Å². The van der Waals surface area contributed by atoms with E-state index in [1.165, 1.54) is 6.07 Å². The number of rotatable bonds is 2. The summed E-state index contributed by atoms with van der Waals surface area (Å²) in [6.45, 7) is 1.70. The Morgan fingerprint density at radius 2 is 2.35 bits per heavy atom. The Morgan fingerprint density at radius 3 is 3.00 bits per heavy atom. The van der Waals surface area contributed by atoms with Crippen LogP contribution in [0.3, 0.4) is 0 Å². The highest BCUT2D eigenvalue weighted by Crippen LogP contribution is 2.26. The number of hydrogen-bond acceptors (Lipinski definition) is 3. The molecule has 3 N–H and O–H groups in total. The summed E-state index contributed by atoms with van der Waals surface area (Å²) in [5.41, 5.74) is 0.614. The molecule has 1 aromatic carbocycles. The number of anilines is 1. The summed E-state index contributed by atoms with van der Waals surface area (Å²) in [4.78, 5) is 11.9. The molecule has 1 aliphatic heterocycles. The highest BCUT2D eigenvalue weighted by atomic mass is 35.5. The zero-order chi connectivity index (χ0) is 12.3. The van der Waals surface area contributed by atoms with Gasteiger partial charge in [-0.1, -0.05) is 11.6 Å². The molecule has 0 aliphatic carbocycles. The molecule has 1 heterocycles. The topological polar surface area (TPSA) is 61.4 Å². The highest BCUT2D eigenvalue weighted by molar-refractivity contribution is 6.32. The van der Waals surface area contributed by atoms with Gasteiger partial charge in [-0.3, -0.25) is 4.79 Å². The third-order valence-electron chi connectivity index (χ3n) is 2.88. The largest absolute Gasteiger partial charge is 0.506 e. The van der Waals surface area contributed by atoms with Gasteiger partial charge in [0.2, 0.25) is 5.91 Å². The second-order valence-electron chi connectivity index (χ2n) is 4.20. The monoisotopic (exact) mass is 254 g/mol. The Labute approximate surface area is 105 Å². The van der Waals surface area contributed by atoms with Crippen molar-refractivity contribution in [2.45, 2.75) is 12.8 Å². The van der Waals surface area contributed by atoms with Crippen LogP contribution in [-0.2, 0) is 4.79 Å². The van der Waals surface area contributed by atoms with Crippen LogP contribution in [0.4, 0.5) is 5.69 Å². The minimum atomic E-state index is -0.000966. The first-order chi connectivity index (χ1) is 8.16. The van der Waals surface area contributed by atoms with Gasteiger partial charge in [0.05, 0.1) is 10.9 Å². The maximum atomic E-state index is 11.9. The first-order valence-electron chi connectivity index (χ1n) is 5.67. The summed E-state index contributed by atoms with van der Waals surface area (Å²) in [5.74, 6) is 0.0271. The van der Waals surface area contributed by atoms with E-state index in [9.17, 15) is 9.90 Å². The first kappa shape index (κ1) is 12.2. The van der Waals surface area contributed by atoms with Crippen LogP contribution in [0.1, 0.15) is 12.8 Å². The number of amides is 1. The molecule has 1 fully saturated rings. The number of phenolic OH excluding ortho intramolecular Hbond substituents is 1. The molecule has 0 unspecified atom stereocenters. The summed E-state index contributed by atoms with van der Waals surface area (Å²) in [6.07, 6.45) is 1.93. The lowest BCUT2D eigenvalue weighted by Gasteiger charge is -2.21. The van der Waals surface area contributed by atoms with Gasteiger partial charge in [0.25, 0.3) is 0 Å². The van der Waals surface area contributed by atoms with E-state index in [0.29, 0.717) is 5.69 Å². The van der Waals surface area contributed by atoms with Gasteiger partial charge in [0.15, 0.2) is 0 Å². The van der Waals surface area contributed by atoms with E-state index >= 15 is 0 Å². The van der Waals surface area contributed by atoms with Crippen LogP contribution in [0.2, 0.25) is 5.02 Å². The molecule has 92 valence electrons. The summed E-state index contributed by atoms with van der Waals surface area (Å²) in [5, 5.41) is 15.5. The number of piperidine rings is 1. The molecule has 17 heavy (non-hydrogen) atoms. The highest BCUT2D eigenvalue weighted by Gasteiger charge is 2.20. The Morgan fingerprint density at radius 1 is 1.53 bits per heavy atom.